The number of aromatic nitrogens is 1. The number of sulfonamides is 1. The number of hydrogen-bond acceptors (Lipinski definition) is 7. The number of carbonyl (C=O) groups is 1. The van der Waals surface area contributed by atoms with Crippen LogP contribution < -0.4 is 10.0 Å². The van der Waals surface area contributed by atoms with Gasteiger partial charge in [0.15, 0.2) is 5.76 Å². The van der Waals surface area contributed by atoms with E-state index in [1.54, 1.807) is 18.3 Å². The maximum Gasteiger partial charge on any atom is 0.246 e. The summed E-state index contributed by atoms with van der Waals surface area (Å²) in [4.78, 5) is 16.3. The number of carbonyl (C=O) groups excluding carboxylic acids is 1. The van der Waals surface area contributed by atoms with E-state index in [1.165, 1.54) is 18.7 Å². The minimum Gasteiger partial charge on any atom is -0.360 e. The van der Waals surface area contributed by atoms with E-state index < -0.39 is 16.1 Å². The number of aryl methyl sites for hydroxylation is 2. The summed E-state index contributed by atoms with van der Waals surface area (Å²) in [6.45, 7) is 9.32. The first-order chi connectivity index (χ1) is 14.2. The topological polar surface area (TPSA) is 105 Å². The van der Waals surface area contributed by atoms with Gasteiger partial charge < -0.3 is 9.84 Å². The number of likely N-dealkylation sites (tertiary alicyclic amines) is 1. The molecule has 3 heterocycles. The normalized spacial score (nSPS) is 18.3. The van der Waals surface area contributed by atoms with Crippen LogP contribution in [0, 0.1) is 19.8 Å². The molecular weight excluding hydrogens is 424 g/mol. The molecule has 0 spiro atoms. The van der Waals surface area contributed by atoms with Crippen LogP contribution in [-0.4, -0.2) is 50.1 Å². The molecule has 1 fully saturated rings. The zero-order chi connectivity index (χ0) is 21.9. The van der Waals surface area contributed by atoms with Gasteiger partial charge in [0, 0.05) is 11.4 Å². The molecule has 1 aliphatic heterocycles. The van der Waals surface area contributed by atoms with E-state index in [-0.39, 0.29) is 28.3 Å². The number of thiophene rings is 1. The molecule has 0 aliphatic carbocycles. The number of hydrogen-bond donors (Lipinski definition) is 2. The summed E-state index contributed by atoms with van der Waals surface area (Å²) in [6.07, 6.45) is 2.28. The van der Waals surface area contributed by atoms with E-state index in [1.807, 2.05) is 11.4 Å². The Morgan fingerprint density at radius 1 is 1.37 bits per heavy atom. The number of nitrogens with zero attached hydrogens (tertiary/aromatic N) is 2. The van der Waals surface area contributed by atoms with Crippen molar-refractivity contribution in [2.24, 2.45) is 5.92 Å². The van der Waals surface area contributed by atoms with E-state index in [9.17, 15) is 13.2 Å². The van der Waals surface area contributed by atoms with Crippen LogP contribution in [0.2, 0.25) is 0 Å². The van der Waals surface area contributed by atoms with Gasteiger partial charge in [0.1, 0.15) is 10.6 Å². The van der Waals surface area contributed by atoms with Gasteiger partial charge in [0.2, 0.25) is 15.9 Å². The van der Waals surface area contributed by atoms with E-state index in [4.69, 9.17) is 4.52 Å². The fourth-order valence-electron chi connectivity index (χ4n) is 3.78. The first kappa shape index (κ1) is 22.9. The molecular formula is C20H30N4O4S2. The fourth-order valence-corrected chi connectivity index (χ4v) is 6.18. The Labute approximate surface area is 182 Å². The van der Waals surface area contributed by atoms with Crippen molar-refractivity contribution in [3.8, 4) is 0 Å². The molecule has 0 saturated carbocycles. The molecule has 30 heavy (non-hydrogen) atoms. The molecule has 0 aromatic carbocycles. The molecule has 1 saturated heterocycles. The third-order valence-electron chi connectivity index (χ3n) is 5.56. The lowest BCUT2D eigenvalue weighted by Gasteiger charge is -2.36. The molecule has 166 valence electrons. The molecule has 2 atom stereocenters. The highest BCUT2D eigenvalue weighted by atomic mass is 32.2. The quantitative estimate of drug-likeness (QED) is 0.635. The predicted molar refractivity (Wildman–Crippen MR) is 116 cm³/mol. The Hall–Kier alpha value is -1.75. The molecule has 2 N–H and O–H groups in total. The van der Waals surface area contributed by atoms with Crippen LogP contribution in [0.3, 0.4) is 0 Å². The molecule has 2 aromatic heterocycles. The predicted octanol–water partition coefficient (Wildman–Crippen LogP) is 2.61. The SMILES string of the molecule is Cc1noc(C)c1S(=O)(=O)N[C@@H](C)C(=O)NCC(c1cccs1)N1CCC(C)CC1. The minimum absolute atomic E-state index is 0.0129. The van der Waals surface area contributed by atoms with E-state index in [2.05, 4.69) is 33.1 Å². The van der Waals surface area contributed by atoms with Crippen molar-refractivity contribution in [2.75, 3.05) is 19.6 Å². The lowest BCUT2D eigenvalue weighted by molar-refractivity contribution is -0.122. The average molecular weight is 455 g/mol. The van der Waals surface area contributed by atoms with Crippen molar-refractivity contribution in [1.82, 2.24) is 20.1 Å². The minimum atomic E-state index is -3.91. The molecule has 1 amide bonds. The lowest BCUT2D eigenvalue weighted by atomic mass is 9.97. The highest BCUT2D eigenvalue weighted by molar-refractivity contribution is 7.89. The molecule has 3 rings (SSSR count). The Kier molecular flexibility index (Phi) is 7.33. The van der Waals surface area contributed by atoms with Gasteiger partial charge in [0.05, 0.1) is 12.1 Å². The molecule has 0 bridgehead atoms. The second-order valence-electron chi connectivity index (χ2n) is 7.99. The number of nitrogens with one attached hydrogen (secondary N) is 2. The van der Waals surface area contributed by atoms with Crippen LogP contribution in [0.4, 0.5) is 0 Å². The van der Waals surface area contributed by atoms with E-state index in [0.29, 0.717) is 6.54 Å². The van der Waals surface area contributed by atoms with Gasteiger partial charge in [-0.3, -0.25) is 9.69 Å². The van der Waals surface area contributed by atoms with Gasteiger partial charge in [0.25, 0.3) is 0 Å². The van der Waals surface area contributed by atoms with Gasteiger partial charge in [-0.25, -0.2) is 8.42 Å². The summed E-state index contributed by atoms with van der Waals surface area (Å²) in [6, 6.07) is 3.27. The van der Waals surface area contributed by atoms with Crippen LogP contribution >= 0.6 is 11.3 Å². The van der Waals surface area contributed by atoms with Crippen molar-refractivity contribution in [2.45, 2.75) is 57.5 Å². The zero-order valence-electron chi connectivity index (χ0n) is 17.8. The Morgan fingerprint density at radius 3 is 2.63 bits per heavy atom. The highest BCUT2D eigenvalue weighted by Gasteiger charge is 2.30. The summed E-state index contributed by atoms with van der Waals surface area (Å²) in [5, 5.41) is 8.66. The van der Waals surface area contributed by atoms with Crippen molar-refractivity contribution in [3.05, 3.63) is 33.8 Å². The second-order valence-corrected chi connectivity index (χ2v) is 10.6. The number of rotatable bonds is 8. The van der Waals surface area contributed by atoms with Crippen LogP contribution in [0.5, 0.6) is 0 Å². The van der Waals surface area contributed by atoms with Gasteiger partial charge in [-0.1, -0.05) is 18.1 Å². The van der Waals surface area contributed by atoms with Crippen molar-refractivity contribution in [3.63, 3.8) is 0 Å². The Bertz CT molecular complexity index is 928. The van der Waals surface area contributed by atoms with E-state index in [0.717, 1.165) is 31.8 Å². The summed E-state index contributed by atoms with van der Waals surface area (Å²) >= 11 is 1.68. The molecule has 2 aromatic rings. The second kappa shape index (κ2) is 9.59. The third kappa shape index (κ3) is 5.29. The summed E-state index contributed by atoms with van der Waals surface area (Å²) in [5.74, 6) is 0.556. The van der Waals surface area contributed by atoms with Crippen LogP contribution in [0.15, 0.2) is 26.9 Å². The lowest BCUT2D eigenvalue weighted by Crippen LogP contribution is -2.48. The summed E-state index contributed by atoms with van der Waals surface area (Å²) in [5.41, 5.74) is 0.268. The van der Waals surface area contributed by atoms with E-state index >= 15 is 0 Å². The maximum atomic E-state index is 12.7. The van der Waals surface area contributed by atoms with Crippen LogP contribution in [-0.2, 0) is 14.8 Å². The highest BCUT2D eigenvalue weighted by Crippen LogP contribution is 2.29. The fraction of sp³-hybridized carbons (Fsp3) is 0.600. The van der Waals surface area contributed by atoms with Crippen molar-refractivity contribution in [1.29, 1.82) is 0 Å². The summed E-state index contributed by atoms with van der Waals surface area (Å²) < 4.78 is 32.7. The Morgan fingerprint density at radius 2 is 2.07 bits per heavy atom. The van der Waals surface area contributed by atoms with Gasteiger partial charge in [-0.15, -0.1) is 11.3 Å². The Balaban J connectivity index is 1.63. The van der Waals surface area contributed by atoms with Crippen LogP contribution in [0.25, 0.3) is 0 Å². The summed E-state index contributed by atoms with van der Waals surface area (Å²) in [7, 11) is -3.91. The largest absolute Gasteiger partial charge is 0.360 e. The third-order valence-corrected chi connectivity index (χ3v) is 8.32. The number of amides is 1. The molecule has 1 unspecified atom stereocenters. The first-order valence-corrected chi connectivity index (χ1v) is 12.6. The molecule has 8 nitrogen and oxygen atoms in total. The smallest absolute Gasteiger partial charge is 0.246 e. The van der Waals surface area contributed by atoms with Crippen molar-refractivity contribution < 1.29 is 17.7 Å². The first-order valence-electron chi connectivity index (χ1n) is 10.2. The van der Waals surface area contributed by atoms with Gasteiger partial charge in [-0.2, -0.15) is 4.72 Å². The van der Waals surface area contributed by atoms with Crippen molar-refractivity contribution >= 4 is 27.3 Å². The maximum absolute atomic E-state index is 12.7. The van der Waals surface area contributed by atoms with Gasteiger partial charge >= 0.3 is 0 Å². The molecule has 0 radical (unpaired) electrons. The average Bonchev–Trinajstić information content (AvgIpc) is 3.33. The monoisotopic (exact) mass is 454 g/mol. The van der Waals surface area contributed by atoms with Crippen LogP contribution in [0.1, 0.15) is 49.1 Å². The van der Waals surface area contributed by atoms with Gasteiger partial charge in [-0.05, 0) is 64.1 Å². The molecule has 10 heteroatoms. The molecule has 1 aliphatic rings. The zero-order valence-corrected chi connectivity index (χ0v) is 19.5. The standard InChI is InChI=1S/C20H30N4O4S2/c1-13-7-9-24(10-8-13)17(18-6-5-11-29-18)12-21-20(25)15(3)23-30(26,27)19-14(2)22-28-16(19)4/h5-6,11,13,15,17,23H,7-10,12H2,1-4H3,(H,21,25)/t15-,17?/m0/s1. The number of piperidine rings is 1.